The van der Waals surface area contributed by atoms with E-state index in [2.05, 4.69) is 10.6 Å². The summed E-state index contributed by atoms with van der Waals surface area (Å²) in [6, 6.07) is 11.8. The minimum Gasteiger partial charge on any atom is -0.504 e. The first-order valence-electron chi connectivity index (χ1n) is 10.8. The van der Waals surface area contributed by atoms with E-state index < -0.39 is 35.7 Å². The van der Waals surface area contributed by atoms with E-state index in [1.54, 1.807) is 0 Å². The summed E-state index contributed by atoms with van der Waals surface area (Å²) in [6.07, 6.45) is 2.39. The summed E-state index contributed by atoms with van der Waals surface area (Å²) in [5.74, 6) is -2.35. The van der Waals surface area contributed by atoms with Gasteiger partial charge in [-0.15, -0.1) is 0 Å². The first-order chi connectivity index (χ1) is 16.7. The van der Waals surface area contributed by atoms with Crippen molar-refractivity contribution in [1.29, 1.82) is 5.26 Å². The van der Waals surface area contributed by atoms with E-state index >= 15 is 0 Å². The number of ether oxygens (including phenoxy) is 1. The Kier molecular flexibility index (Phi) is 10.4. The second kappa shape index (κ2) is 13.5. The molecule has 0 radical (unpaired) electrons. The molecule has 0 saturated heterocycles. The molecule has 10 nitrogen and oxygen atoms in total. The van der Waals surface area contributed by atoms with Gasteiger partial charge >= 0.3 is 0 Å². The van der Waals surface area contributed by atoms with E-state index in [1.807, 2.05) is 36.4 Å². The van der Waals surface area contributed by atoms with Gasteiger partial charge in [-0.25, -0.2) is 0 Å². The fourth-order valence-corrected chi connectivity index (χ4v) is 3.06. The van der Waals surface area contributed by atoms with Gasteiger partial charge in [0.05, 0.1) is 31.4 Å². The number of hydrogen-bond acceptors (Lipinski definition) is 8. The first-order valence-corrected chi connectivity index (χ1v) is 10.8. The van der Waals surface area contributed by atoms with Crippen LogP contribution in [0.2, 0.25) is 0 Å². The summed E-state index contributed by atoms with van der Waals surface area (Å²) in [7, 11) is 0. The first kappa shape index (κ1) is 27.0. The lowest BCUT2D eigenvalue weighted by atomic mass is 10.0. The highest BCUT2D eigenvalue weighted by atomic mass is 16.5. The van der Waals surface area contributed by atoms with E-state index in [4.69, 9.17) is 15.7 Å². The minimum absolute atomic E-state index is 0.145. The minimum atomic E-state index is -1.15. The molecule has 184 valence electrons. The standard InChI is InChI=1S/C25H28N4O6/c1-16(30)28-21(15-35-14-18-5-3-2-4-6-18)25(34)29-20(12-19(27)13-26)22(31)9-7-17-8-10-23(32)24(33)11-17/h2-11,19-21,32-33H,12,14-15,27H2,1H3,(H,28,30)(H,29,34)/b9-7+/t19?,20?,21-/m1/s1. The Hall–Kier alpha value is -4.20. The van der Waals surface area contributed by atoms with Crippen molar-refractivity contribution in [3.8, 4) is 17.6 Å². The third-order valence-electron chi connectivity index (χ3n) is 4.84. The molecule has 0 spiro atoms. The van der Waals surface area contributed by atoms with E-state index in [0.29, 0.717) is 5.56 Å². The number of amides is 2. The van der Waals surface area contributed by atoms with Crippen LogP contribution in [0, 0.1) is 11.3 Å². The number of benzene rings is 2. The van der Waals surface area contributed by atoms with Crippen molar-refractivity contribution in [3.63, 3.8) is 0 Å². The number of nitriles is 1. The van der Waals surface area contributed by atoms with Crippen molar-refractivity contribution in [1.82, 2.24) is 10.6 Å². The molecule has 2 unspecified atom stereocenters. The maximum atomic E-state index is 12.9. The molecule has 0 saturated carbocycles. The number of nitrogens with one attached hydrogen (secondary N) is 2. The van der Waals surface area contributed by atoms with Crippen molar-refractivity contribution < 1.29 is 29.3 Å². The maximum Gasteiger partial charge on any atom is 0.245 e. The summed E-state index contributed by atoms with van der Waals surface area (Å²) in [4.78, 5) is 37.3. The topological polar surface area (TPSA) is 175 Å². The van der Waals surface area contributed by atoms with Gasteiger partial charge in [0.2, 0.25) is 11.8 Å². The summed E-state index contributed by atoms with van der Waals surface area (Å²) in [5, 5.41) is 33.1. The number of phenols is 2. The van der Waals surface area contributed by atoms with E-state index in [0.717, 1.165) is 5.56 Å². The summed E-state index contributed by atoms with van der Waals surface area (Å²) in [5.41, 5.74) is 7.00. The Morgan fingerprint density at radius 2 is 1.80 bits per heavy atom. The van der Waals surface area contributed by atoms with E-state index in [9.17, 15) is 24.6 Å². The van der Waals surface area contributed by atoms with Crippen molar-refractivity contribution in [2.24, 2.45) is 5.73 Å². The second-order valence-corrected chi connectivity index (χ2v) is 7.77. The highest BCUT2D eigenvalue weighted by Gasteiger charge is 2.27. The Labute approximate surface area is 203 Å². The van der Waals surface area contributed by atoms with Gasteiger partial charge in [0, 0.05) is 13.3 Å². The van der Waals surface area contributed by atoms with Crippen LogP contribution in [0.25, 0.3) is 6.08 Å². The molecule has 2 amide bonds. The Bertz CT molecular complexity index is 1100. The Balaban J connectivity index is 2.10. The van der Waals surface area contributed by atoms with Crippen LogP contribution in [-0.2, 0) is 25.7 Å². The van der Waals surface area contributed by atoms with Crippen molar-refractivity contribution in [2.45, 2.75) is 38.1 Å². The van der Waals surface area contributed by atoms with Crippen molar-refractivity contribution >= 4 is 23.7 Å². The van der Waals surface area contributed by atoms with Gasteiger partial charge in [-0.1, -0.05) is 42.5 Å². The normalized spacial score (nSPS) is 13.4. The van der Waals surface area contributed by atoms with Gasteiger partial charge in [0.1, 0.15) is 6.04 Å². The zero-order valence-corrected chi connectivity index (χ0v) is 19.2. The van der Waals surface area contributed by atoms with Crippen LogP contribution in [0.3, 0.4) is 0 Å². The van der Waals surface area contributed by atoms with Crippen LogP contribution in [0.5, 0.6) is 11.5 Å². The third kappa shape index (κ3) is 9.29. The molecule has 0 fully saturated rings. The SMILES string of the molecule is CC(=O)N[C@H](COCc1ccccc1)C(=O)NC(CC(N)C#N)C(=O)/C=C/c1ccc(O)c(O)c1. The number of phenolic OH excluding ortho intramolecular Hbond substituents is 2. The average molecular weight is 481 g/mol. The molecule has 2 aromatic rings. The lowest BCUT2D eigenvalue weighted by Crippen LogP contribution is -2.53. The average Bonchev–Trinajstić information content (AvgIpc) is 2.83. The molecule has 0 bridgehead atoms. The molecule has 0 heterocycles. The lowest BCUT2D eigenvalue weighted by molar-refractivity contribution is -0.131. The van der Waals surface area contributed by atoms with Gasteiger partial charge in [-0.2, -0.15) is 5.26 Å². The van der Waals surface area contributed by atoms with Gasteiger partial charge in [0.15, 0.2) is 17.3 Å². The largest absolute Gasteiger partial charge is 0.504 e. The van der Waals surface area contributed by atoms with E-state index in [-0.39, 0.29) is 31.1 Å². The quantitative estimate of drug-likeness (QED) is 0.222. The highest BCUT2D eigenvalue weighted by Crippen LogP contribution is 2.25. The van der Waals surface area contributed by atoms with E-state index in [1.165, 1.54) is 37.3 Å². The van der Waals surface area contributed by atoms with Gasteiger partial charge < -0.3 is 31.3 Å². The summed E-state index contributed by atoms with van der Waals surface area (Å²) in [6.45, 7) is 1.32. The molecule has 35 heavy (non-hydrogen) atoms. The van der Waals surface area contributed by atoms with Crippen LogP contribution < -0.4 is 16.4 Å². The number of carbonyl (C=O) groups is 3. The smallest absolute Gasteiger partial charge is 0.245 e. The van der Waals surface area contributed by atoms with Crippen molar-refractivity contribution in [2.75, 3.05) is 6.61 Å². The van der Waals surface area contributed by atoms with Crippen LogP contribution in [0.1, 0.15) is 24.5 Å². The monoisotopic (exact) mass is 480 g/mol. The van der Waals surface area contributed by atoms with Crippen LogP contribution in [0.4, 0.5) is 0 Å². The fourth-order valence-electron chi connectivity index (χ4n) is 3.06. The molecule has 0 aliphatic rings. The number of nitrogens with zero attached hydrogens (tertiary/aromatic N) is 1. The zero-order valence-electron chi connectivity index (χ0n) is 19.2. The van der Waals surface area contributed by atoms with Gasteiger partial charge in [-0.05, 0) is 29.3 Å². The number of aromatic hydroxyl groups is 2. The number of rotatable bonds is 12. The van der Waals surface area contributed by atoms with Crippen LogP contribution >= 0.6 is 0 Å². The molecular weight excluding hydrogens is 452 g/mol. The molecule has 6 N–H and O–H groups in total. The predicted molar refractivity (Wildman–Crippen MR) is 128 cm³/mol. The molecule has 3 atom stereocenters. The van der Waals surface area contributed by atoms with Crippen LogP contribution in [0.15, 0.2) is 54.6 Å². The van der Waals surface area contributed by atoms with Gasteiger partial charge in [0.25, 0.3) is 0 Å². The number of ketones is 1. The number of nitrogens with two attached hydrogens (primary N) is 1. The Morgan fingerprint density at radius 3 is 2.43 bits per heavy atom. The maximum absolute atomic E-state index is 12.9. The summed E-state index contributed by atoms with van der Waals surface area (Å²) < 4.78 is 5.58. The number of carbonyl (C=O) groups excluding carboxylic acids is 3. The zero-order chi connectivity index (χ0) is 25.8. The molecule has 10 heteroatoms. The third-order valence-corrected chi connectivity index (χ3v) is 4.84. The summed E-state index contributed by atoms with van der Waals surface area (Å²) >= 11 is 0. The van der Waals surface area contributed by atoms with Gasteiger partial charge in [-0.3, -0.25) is 14.4 Å². The Morgan fingerprint density at radius 1 is 1.09 bits per heavy atom. The predicted octanol–water partition coefficient (Wildman–Crippen LogP) is 1.13. The van der Waals surface area contributed by atoms with Crippen LogP contribution in [-0.4, -0.2) is 52.5 Å². The second-order valence-electron chi connectivity index (χ2n) is 7.77. The molecular formula is C25H28N4O6. The lowest BCUT2D eigenvalue weighted by Gasteiger charge is -2.22. The molecule has 0 aliphatic heterocycles. The molecule has 0 aromatic heterocycles. The van der Waals surface area contributed by atoms with Crippen molar-refractivity contribution in [3.05, 3.63) is 65.7 Å². The molecule has 0 aliphatic carbocycles. The fraction of sp³-hybridized carbons (Fsp3) is 0.280. The molecule has 2 rings (SSSR count). The molecule has 2 aromatic carbocycles. The number of hydrogen-bond donors (Lipinski definition) is 5. The highest BCUT2D eigenvalue weighted by molar-refractivity contribution is 6.00.